The number of benzene rings is 1. The van der Waals surface area contributed by atoms with Crippen LogP contribution in [0.1, 0.15) is 12.0 Å². The van der Waals surface area contributed by atoms with E-state index < -0.39 is 0 Å². The first-order valence-corrected chi connectivity index (χ1v) is 4.84. The van der Waals surface area contributed by atoms with Gasteiger partial charge < -0.3 is 0 Å². The molecule has 14 heavy (non-hydrogen) atoms. The Balaban J connectivity index is 1.82. The summed E-state index contributed by atoms with van der Waals surface area (Å²) >= 11 is 0. The van der Waals surface area contributed by atoms with Crippen LogP contribution in [-0.4, -0.2) is 24.0 Å². The number of nitrogens with zero attached hydrogens (tertiary/aromatic N) is 1. The molecular formula is C11H13N2O. The van der Waals surface area contributed by atoms with Gasteiger partial charge in [0.25, 0.3) is 0 Å². The van der Waals surface area contributed by atoms with Crippen LogP contribution in [0.25, 0.3) is 0 Å². The zero-order chi connectivity index (χ0) is 9.80. The van der Waals surface area contributed by atoms with Gasteiger partial charge in [0, 0.05) is 13.1 Å². The molecule has 1 aromatic rings. The molecule has 3 nitrogen and oxygen atoms in total. The lowest BCUT2D eigenvalue weighted by Crippen LogP contribution is -2.50. The lowest BCUT2D eigenvalue weighted by Gasteiger charge is -2.30. The Bertz CT molecular complexity index is 306. The lowest BCUT2D eigenvalue weighted by molar-refractivity contribution is -0.126. The number of rotatable bonds is 3. The molecule has 1 N–H and O–H groups in total. The Hall–Kier alpha value is -1.35. The van der Waals surface area contributed by atoms with Gasteiger partial charge in [-0.3, -0.25) is 10.2 Å². The van der Waals surface area contributed by atoms with Gasteiger partial charge in [-0.05, 0) is 18.1 Å². The quantitative estimate of drug-likeness (QED) is 0.761. The summed E-state index contributed by atoms with van der Waals surface area (Å²) in [5, 5.41) is 1.94. The van der Waals surface area contributed by atoms with E-state index in [1.165, 1.54) is 6.42 Å². The van der Waals surface area contributed by atoms with Crippen molar-refractivity contribution in [2.75, 3.05) is 13.1 Å². The molecule has 1 aromatic carbocycles. The van der Waals surface area contributed by atoms with Gasteiger partial charge in [-0.2, -0.15) is 0 Å². The van der Waals surface area contributed by atoms with Crippen LogP contribution >= 0.6 is 0 Å². The fraction of sp³-hybridized carbons (Fsp3) is 0.364. The average Bonchev–Trinajstić information content (AvgIpc) is 2.13. The number of hydrazine groups is 1. The first kappa shape index (κ1) is 9.21. The minimum atomic E-state index is 0.0483. The second-order valence-corrected chi connectivity index (χ2v) is 3.44. The number of amides is 1. The smallest absolute Gasteiger partial charge is 0.238 e. The van der Waals surface area contributed by atoms with Crippen LogP contribution in [0.5, 0.6) is 0 Å². The predicted molar refractivity (Wildman–Crippen MR) is 53.3 cm³/mol. The Labute approximate surface area is 83.7 Å². The van der Waals surface area contributed by atoms with Gasteiger partial charge in [-0.15, -0.1) is 0 Å². The number of carbonyl (C=O) groups excluding carboxylic acids is 1. The van der Waals surface area contributed by atoms with Crippen molar-refractivity contribution in [3.05, 3.63) is 35.9 Å². The molecular weight excluding hydrogens is 176 g/mol. The topological polar surface area (TPSA) is 32.3 Å². The Morgan fingerprint density at radius 1 is 1.50 bits per heavy atom. The van der Waals surface area contributed by atoms with Crippen LogP contribution in [0.3, 0.4) is 0 Å². The van der Waals surface area contributed by atoms with E-state index in [0.717, 1.165) is 18.7 Å². The molecule has 0 saturated carbocycles. The van der Waals surface area contributed by atoms with Crippen molar-refractivity contribution in [2.24, 2.45) is 0 Å². The molecule has 1 aliphatic rings. The minimum Gasteiger partial charge on any atom is -0.289 e. The van der Waals surface area contributed by atoms with E-state index in [4.69, 9.17) is 0 Å². The van der Waals surface area contributed by atoms with Crippen molar-refractivity contribution in [1.82, 2.24) is 10.4 Å². The molecule has 0 unspecified atom stereocenters. The predicted octanol–water partition coefficient (Wildman–Crippen LogP) is 0.766. The third-order valence-electron chi connectivity index (χ3n) is 2.26. The van der Waals surface area contributed by atoms with E-state index in [2.05, 4.69) is 11.5 Å². The van der Waals surface area contributed by atoms with E-state index in [1.54, 1.807) is 0 Å². The summed E-state index contributed by atoms with van der Waals surface area (Å²) in [7, 11) is 0. The summed E-state index contributed by atoms with van der Waals surface area (Å²) in [5.41, 5.74) is 3.77. The van der Waals surface area contributed by atoms with E-state index in [0.29, 0.717) is 6.42 Å². The Morgan fingerprint density at radius 3 is 2.93 bits per heavy atom. The van der Waals surface area contributed by atoms with Gasteiger partial charge in [0.1, 0.15) is 0 Å². The van der Waals surface area contributed by atoms with Crippen molar-refractivity contribution in [3.63, 3.8) is 0 Å². The number of carbonyl (C=O) groups is 1. The molecule has 0 bridgehead atoms. The molecule has 73 valence electrons. The highest BCUT2D eigenvalue weighted by Crippen LogP contribution is 2.02. The summed E-state index contributed by atoms with van der Waals surface area (Å²) in [4.78, 5) is 11.4. The van der Waals surface area contributed by atoms with Gasteiger partial charge in [-0.1, -0.05) is 24.3 Å². The second-order valence-electron chi connectivity index (χ2n) is 3.44. The fourth-order valence-electron chi connectivity index (χ4n) is 1.36. The summed E-state index contributed by atoms with van der Waals surface area (Å²) in [6.07, 6.45) is 1.59. The minimum absolute atomic E-state index is 0.0483. The van der Waals surface area contributed by atoms with E-state index in [9.17, 15) is 4.79 Å². The number of hydrogen-bond acceptors (Lipinski definition) is 2. The van der Waals surface area contributed by atoms with Gasteiger partial charge in [0.15, 0.2) is 0 Å². The molecule has 0 aliphatic carbocycles. The maximum Gasteiger partial charge on any atom is 0.238 e. The van der Waals surface area contributed by atoms with E-state index >= 15 is 0 Å². The number of hydrogen-bond donors (Lipinski definition) is 1. The standard InChI is InChI=1S/C11H13N2O/c14-11(12-13-7-4-8-13)9-10-5-2-1-3-6-10/h1-3,5H,4,7-9H2,(H,12,14). The Morgan fingerprint density at radius 2 is 2.36 bits per heavy atom. The molecule has 1 heterocycles. The first-order chi connectivity index (χ1) is 6.84. The lowest BCUT2D eigenvalue weighted by atomic mass is 10.1. The first-order valence-electron chi connectivity index (χ1n) is 4.84. The third-order valence-corrected chi connectivity index (χ3v) is 2.26. The molecule has 1 fully saturated rings. The number of nitrogens with one attached hydrogen (secondary N) is 1. The van der Waals surface area contributed by atoms with Gasteiger partial charge >= 0.3 is 0 Å². The van der Waals surface area contributed by atoms with Crippen LogP contribution in [0.4, 0.5) is 0 Å². The molecule has 0 spiro atoms. The average molecular weight is 189 g/mol. The van der Waals surface area contributed by atoms with Crippen LogP contribution < -0.4 is 5.43 Å². The molecule has 2 rings (SSSR count). The molecule has 3 heteroatoms. The summed E-state index contributed by atoms with van der Waals surface area (Å²) in [6.45, 7) is 1.95. The van der Waals surface area contributed by atoms with Crippen molar-refractivity contribution in [3.8, 4) is 0 Å². The highest BCUT2D eigenvalue weighted by molar-refractivity contribution is 5.78. The monoisotopic (exact) mass is 189 g/mol. The van der Waals surface area contributed by atoms with Crippen LogP contribution in [0.2, 0.25) is 0 Å². The fourth-order valence-corrected chi connectivity index (χ4v) is 1.36. The molecule has 0 atom stereocenters. The van der Waals surface area contributed by atoms with Crippen LogP contribution in [0.15, 0.2) is 24.3 Å². The van der Waals surface area contributed by atoms with Crippen molar-refractivity contribution in [1.29, 1.82) is 0 Å². The molecule has 1 saturated heterocycles. The van der Waals surface area contributed by atoms with Gasteiger partial charge in [0.05, 0.1) is 6.42 Å². The van der Waals surface area contributed by atoms with Crippen molar-refractivity contribution < 1.29 is 4.79 Å². The van der Waals surface area contributed by atoms with Gasteiger partial charge in [0.2, 0.25) is 5.91 Å². The second kappa shape index (κ2) is 4.24. The SMILES string of the molecule is O=C(Cc1[c]cccc1)NN1CCC1. The largest absolute Gasteiger partial charge is 0.289 e. The molecule has 1 aliphatic heterocycles. The van der Waals surface area contributed by atoms with Crippen molar-refractivity contribution >= 4 is 5.91 Å². The third kappa shape index (κ3) is 2.33. The normalized spacial score (nSPS) is 16.0. The Kier molecular flexibility index (Phi) is 2.79. The van der Waals surface area contributed by atoms with Crippen molar-refractivity contribution in [2.45, 2.75) is 12.8 Å². The zero-order valence-electron chi connectivity index (χ0n) is 7.99. The maximum absolute atomic E-state index is 11.4. The highest BCUT2D eigenvalue weighted by Gasteiger charge is 2.15. The summed E-state index contributed by atoms with van der Waals surface area (Å²) in [5.74, 6) is 0.0483. The summed E-state index contributed by atoms with van der Waals surface area (Å²) in [6, 6.07) is 10.6. The molecule has 0 aromatic heterocycles. The van der Waals surface area contributed by atoms with E-state index in [1.807, 2.05) is 29.3 Å². The maximum atomic E-state index is 11.4. The van der Waals surface area contributed by atoms with Gasteiger partial charge in [-0.25, -0.2) is 5.01 Å². The molecule has 1 amide bonds. The summed E-state index contributed by atoms with van der Waals surface area (Å²) < 4.78 is 0. The van der Waals surface area contributed by atoms with Crippen LogP contribution in [-0.2, 0) is 11.2 Å². The van der Waals surface area contributed by atoms with E-state index in [-0.39, 0.29) is 5.91 Å². The highest BCUT2D eigenvalue weighted by atomic mass is 16.2. The van der Waals surface area contributed by atoms with Crippen LogP contribution in [0, 0.1) is 6.07 Å². The molecule has 1 radical (unpaired) electrons. The zero-order valence-corrected chi connectivity index (χ0v) is 7.99.